The van der Waals surface area contributed by atoms with Crippen molar-refractivity contribution in [3.05, 3.63) is 0 Å². The number of aliphatic carboxylic acids is 1. The van der Waals surface area contributed by atoms with Crippen molar-refractivity contribution < 1.29 is 15.0 Å². The Hall–Kier alpha value is -0.610. The molecule has 0 aromatic rings. The van der Waals surface area contributed by atoms with Gasteiger partial charge in [0, 0.05) is 5.92 Å². The first-order chi connectivity index (χ1) is 7.13. The summed E-state index contributed by atoms with van der Waals surface area (Å²) in [5.74, 6) is -1.27. The van der Waals surface area contributed by atoms with Gasteiger partial charge in [-0.2, -0.15) is 0 Å². The molecule has 1 aliphatic carbocycles. The van der Waals surface area contributed by atoms with Gasteiger partial charge in [-0.15, -0.1) is 0 Å². The van der Waals surface area contributed by atoms with Gasteiger partial charge in [-0.1, -0.05) is 33.1 Å². The van der Waals surface area contributed by atoms with E-state index in [1.54, 1.807) is 0 Å². The SMILES string of the molecule is CC.N[C@H](C(=O)O)[C@H]1CCCCC[C@H]1O. The summed E-state index contributed by atoms with van der Waals surface area (Å²) >= 11 is 0. The Morgan fingerprint density at radius 1 is 1.27 bits per heavy atom. The number of aliphatic hydroxyl groups excluding tert-OH is 1. The van der Waals surface area contributed by atoms with Gasteiger partial charge in [-0.25, -0.2) is 0 Å². The molecule has 15 heavy (non-hydrogen) atoms. The average Bonchev–Trinajstić information content (AvgIpc) is 2.45. The number of hydrogen-bond donors (Lipinski definition) is 3. The van der Waals surface area contributed by atoms with Crippen molar-refractivity contribution in [1.29, 1.82) is 0 Å². The van der Waals surface area contributed by atoms with Crippen LogP contribution in [0.3, 0.4) is 0 Å². The molecule has 90 valence electrons. The zero-order valence-electron chi connectivity index (χ0n) is 9.65. The fourth-order valence-electron chi connectivity index (χ4n) is 1.92. The Kier molecular flexibility index (Phi) is 7.34. The van der Waals surface area contributed by atoms with Crippen molar-refractivity contribution in [3.8, 4) is 0 Å². The Labute approximate surface area is 91.5 Å². The highest BCUT2D eigenvalue weighted by Crippen LogP contribution is 2.25. The second-order valence-corrected chi connectivity index (χ2v) is 3.73. The second-order valence-electron chi connectivity index (χ2n) is 3.73. The summed E-state index contributed by atoms with van der Waals surface area (Å²) in [6.07, 6.45) is 3.90. The van der Waals surface area contributed by atoms with Gasteiger partial charge in [0.05, 0.1) is 6.10 Å². The van der Waals surface area contributed by atoms with E-state index in [0.29, 0.717) is 6.42 Å². The molecule has 4 nitrogen and oxygen atoms in total. The van der Waals surface area contributed by atoms with Crippen LogP contribution in [0.25, 0.3) is 0 Å². The van der Waals surface area contributed by atoms with E-state index < -0.39 is 18.1 Å². The number of carboxylic acid groups (broad SMARTS) is 1. The molecule has 1 rings (SSSR count). The lowest BCUT2D eigenvalue weighted by atomic mass is 9.90. The molecule has 0 amide bonds. The minimum absolute atomic E-state index is 0.264. The van der Waals surface area contributed by atoms with Crippen LogP contribution < -0.4 is 5.73 Å². The van der Waals surface area contributed by atoms with Crippen LogP contribution in [0.5, 0.6) is 0 Å². The Morgan fingerprint density at radius 2 is 1.80 bits per heavy atom. The van der Waals surface area contributed by atoms with Crippen LogP contribution in [-0.4, -0.2) is 28.3 Å². The fraction of sp³-hybridized carbons (Fsp3) is 0.909. The third kappa shape index (κ3) is 4.62. The van der Waals surface area contributed by atoms with Gasteiger partial charge in [-0.05, 0) is 12.8 Å². The van der Waals surface area contributed by atoms with Crippen molar-refractivity contribution in [2.24, 2.45) is 11.7 Å². The zero-order chi connectivity index (χ0) is 11.8. The maximum Gasteiger partial charge on any atom is 0.320 e. The molecule has 3 atom stereocenters. The van der Waals surface area contributed by atoms with Gasteiger partial charge in [0.1, 0.15) is 6.04 Å². The average molecular weight is 217 g/mol. The Balaban J connectivity index is 0.000000921. The molecular weight excluding hydrogens is 194 g/mol. The number of nitrogens with two attached hydrogens (primary N) is 1. The summed E-state index contributed by atoms with van der Waals surface area (Å²) < 4.78 is 0. The third-order valence-electron chi connectivity index (χ3n) is 2.78. The summed E-state index contributed by atoms with van der Waals surface area (Å²) in [6, 6.07) is -0.909. The normalized spacial score (nSPS) is 28.3. The van der Waals surface area contributed by atoms with Gasteiger partial charge in [0.2, 0.25) is 0 Å². The number of rotatable bonds is 2. The summed E-state index contributed by atoms with van der Waals surface area (Å²) in [5.41, 5.74) is 5.49. The molecule has 0 saturated heterocycles. The number of hydrogen-bond acceptors (Lipinski definition) is 3. The highest BCUT2D eigenvalue weighted by Gasteiger charge is 2.31. The molecule has 0 bridgehead atoms. The van der Waals surface area contributed by atoms with E-state index in [0.717, 1.165) is 25.7 Å². The van der Waals surface area contributed by atoms with Crippen LogP contribution in [0.2, 0.25) is 0 Å². The molecule has 0 aromatic heterocycles. The largest absolute Gasteiger partial charge is 0.480 e. The quantitative estimate of drug-likeness (QED) is 0.610. The first-order valence-electron chi connectivity index (χ1n) is 5.79. The molecule has 0 heterocycles. The molecule has 1 saturated carbocycles. The van der Waals surface area contributed by atoms with Gasteiger partial charge in [-0.3, -0.25) is 4.79 Å². The van der Waals surface area contributed by atoms with Crippen LogP contribution in [0.1, 0.15) is 46.0 Å². The molecule has 0 aliphatic heterocycles. The maximum absolute atomic E-state index is 10.6. The molecule has 1 fully saturated rings. The molecule has 1 aliphatic rings. The molecular formula is C11H23NO3. The van der Waals surface area contributed by atoms with Crippen molar-refractivity contribution >= 4 is 5.97 Å². The van der Waals surface area contributed by atoms with Crippen LogP contribution in [-0.2, 0) is 4.79 Å². The highest BCUT2D eigenvalue weighted by atomic mass is 16.4. The minimum Gasteiger partial charge on any atom is -0.480 e. The van der Waals surface area contributed by atoms with Crippen LogP contribution in [0, 0.1) is 5.92 Å². The Morgan fingerprint density at radius 3 is 2.33 bits per heavy atom. The van der Waals surface area contributed by atoms with Gasteiger partial charge >= 0.3 is 5.97 Å². The molecule has 0 radical (unpaired) electrons. The van der Waals surface area contributed by atoms with Crippen molar-refractivity contribution in [3.63, 3.8) is 0 Å². The van der Waals surface area contributed by atoms with E-state index in [2.05, 4.69) is 0 Å². The van der Waals surface area contributed by atoms with E-state index in [4.69, 9.17) is 10.8 Å². The van der Waals surface area contributed by atoms with E-state index in [1.807, 2.05) is 13.8 Å². The van der Waals surface area contributed by atoms with E-state index in [9.17, 15) is 9.90 Å². The van der Waals surface area contributed by atoms with Crippen LogP contribution in [0.15, 0.2) is 0 Å². The first kappa shape index (κ1) is 14.4. The van der Waals surface area contributed by atoms with E-state index in [-0.39, 0.29) is 5.92 Å². The van der Waals surface area contributed by atoms with Crippen molar-refractivity contribution in [2.45, 2.75) is 58.1 Å². The minimum atomic E-state index is -1.01. The summed E-state index contributed by atoms with van der Waals surface area (Å²) in [4.78, 5) is 10.6. The predicted octanol–water partition coefficient (Wildman–Crippen LogP) is 1.37. The van der Waals surface area contributed by atoms with Crippen molar-refractivity contribution in [2.75, 3.05) is 0 Å². The smallest absolute Gasteiger partial charge is 0.320 e. The standard InChI is InChI=1S/C9H17NO3.C2H6/c10-8(9(12)13)6-4-2-1-3-5-7(6)11;1-2/h6-8,11H,1-5,10H2,(H,12,13);1-2H3/t6-,7+,8-;/m0./s1. The monoisotopic (exact) mass is 217 g/mol. The topological polar surface area (TPSA) is 83.6 Å². The predicted molar refractivity (Wildman–Crippen MR) is 59.5 cm³/mol. The lowest BCUT2D eigenvalue weighted by Crippen LogP contribution is -2.43. The number of aliphatic hydroxyl groups is 1. The third-order valence-corrected chi connectivity index (χ3v) is 2.78. The fourth-order valence-corrected chi connectivity index (χ4v) is 1.92. The molecule has 0 unspecified atom stereocenters. The Bertz CT molecular complexity index is 185. The highest BCUT2D eigenvalue weighted by molar-refractivity contribution is 5.73. The zero-order valence-corrected chi connectivity index (χ0v) is 9.65. The molecule has 4 heteroatoms. The number of carboxylic acids is 1. The molecule has 0 spiro atoms. The van der Waals surface area contributed by atoms with Crippen LogP contribution >= 0.6 is 0 Å². The second kappa shape index (κ2) is 7.65. The number of carbonyl (C=O) groups is 1. The molecule has 4 N–H and O–H groups in total. The first-order valence-corrected chi connectivity index (χ1v) is 5.79. The van der Waals surface area contributed by atoms with Crippen molar-refractivity contribution in [1.82, 2.24) is 0 Å². The van der Waals surface area contributed by atoms with E-state index >= 15 is 0 Å². The summed E-state index contributed by atoms with van der Waals surface area (Å²) in [7, 11) is 0. The van der Waals surface area contributed by atoms with Gasteiger partial charge in [0.15, 0.2) is 0 Å². The van der Waals surface area contributed by atoms with Crippen LogP contribution in [0.4, 0.5) is 0 Å². The van der Waals surface area contributed by atoms with E-state index in [1.165, 1.54) is 0 Å². The summed E-state index contributed by atoms with van der Waals surface area (Å²) in [5, 5.41) is 18.3. The van der Waals surface area contributed by atoms with Gasteiger partial charge < -0.3 is 15.9 Å². The maximum atomic E-state index is 10.6. The summed E-state index contributed by atoms with van der Waals surface area (Å²) in [6.45, 7) is 4.00. The van der Waals surface area contributed by atoms with Gasteiger partial charge in [0.25, 0.3) is 0 Å². The lowest BCUT2D eigenvalue weighted by Gasteiger charge is -2.23. The molecule has 0 aromatic carbocycles. The lowest BCUT2D eigenvalue weighted by molar-refractivity contribution is -0.141.